The Morgan fingerprint density at radius 1 is 1.12 bits per heavy atom. The van der Waals surface area contributed by atoms with Crippen LogP contribution in [0.15, 0.2) is 41.1 Å². The molecule has 0 saturated carbocycles. The van der Waals surface area contributed by atoms with E-state index in [0.29, 0.717) is 5.69 Å². The Kier molecular flexibility index (Phi) is 4.90. The summed E-state index contributed by atoms with van der Waals surface area (Å²) in [5.74, 6) is -0.154. The average Bonchev–Trinajstić information content (AvgIpc) is 3.12. The van der Waals surface area contributed by atoms with E-state index in [1.807, 2.05) is 29.2 Å². The maximum Gasteiger partial charge on any atom is 0.277 e. The third kappa shape index (κ3) is 3.99. The van der Waals surface area contributed by atoms with Crippen molar-refractivity contribution in [1.29, 1.82) is 0 Å². The Bertz CT molecular complexity index is 689. The van der Waals surface area contributed by atoms with Crippen LogP contribution in [0.5, 0.6) is 0 Å². The van der Waals surface area contributed by atoms with Gasteiger partial charge in [0, 0.05) is 51.4 Å². The van der Waals surface area contributed by atoms with Crippen molar-refractivity contribution in [3.63, 3.8) is 0 Å². The second-order valence-corrected chi connectivity index (χ2v) is 5.82. The summed E-state index contributed by atoms with van der Waals surface area (Å²) in [5, 5.41) is 6.38. The number of piperazine rings is 1. The number of benzene rings is 1. The van der Waals surface area contributed by atoms with Crippen LogP contribution in [0, 0.1) is 0 Å². The van der Waals surface area contributed by atoms with Gasteiger partial charge < -0.3 is 14.7 Å². The topological polar surface area (TPSA) is 78.7 Å². The van der Waals surface area contributed by atoms with Crippen LogP contribution in [-0.2, 0) is 11.3 Å². The van der Waals surface area contributed by atoms with E-state index in [1.54, 1.807) is 6.92 Å². The maximum absolute atomic E-state index is 11.9. The monoisotopic (exact) mass is 328 g/mol. The van der Waals surface area contributed by atoms with Crippen LogP contribution in [0.1, 0.15) is 23.0 Å². The van der Waals surface area contributed by atoms with Gasteiger partial charge in [-0.3, -0.25) is 14.5 Å². The molecule has 1 saturated heterocycles. The molecular formula is C17H20N4O3. The summed E-state index contributed by atoms with van der Waals surface area (Å²) in [6.45, 7) is 5.77. The van der Waals surface area contributed by atoms with Gasteiger partial charge in [0.05, 0.1) is 0 Å². The lowest BCUT2D eigenvalue weighted by Gasteiger charge is -2.34. The normalized spacial score (nSPS) is 15.3. The van der Waals surface area contributed by atoms with Gasteiger partial charge in [0.15, 0.2) is 5.69 Å². The largest absolute Gasteiger partial charge is 0.364 e. The first-order chi connectivity index (χ1) is 11.6. The van der Waals surface area contributed by atoms with Gasteiger partial charge in [-0.25, -0.2) is 0 Å². The van der Waals surface area contributed by atoms with Gasteiger partial charge in [-0.2, -0.15) is 0 Å². The molecule has 1 N–H and O–H groups in total. The van der Waals surface area contributed by atoms with E-state index < -0.39 is 0 Å². The molecule has 0 aliphatic carbocycles. The molecule has 0 unspecified atom stereocenters. The molecular weight excluding hydrogens is 308 g/mol. The van der Waals surface area contributed by atoms with Crippen molar-refractivity contribution in [2.24, 2.45) is 0 Å². The van der Waals surface area contributed by atoms with Crippen LogP contribution in [-0.4, -0.2) is 52.9 Å². The summed E-state index contributed by atoms with van der Waals surface area (Å²) in [6, 6.07) is 9.26. The molecule has 2 aromatic rings. The number of hydrogen-bond acceptors (Lipinski definition) is 5. The SMILES string of the molecule is CC(=O)N1CCN(Cc2ccc(NC(=O)c3ccon3)cc2)CC1. The molecule has 1 fully saturated rings. The second-order valence-electron chi connectivity index (χ2n) is 5.82. The van der Waals surface area contributed by atoms with E-state index in [4.69, 9.17) is 0 Å². The molecule has 126 valence electrons. The lowest BCUT2D eigenvalue weighted by atomic mass is 10.1. The number of hydrogen-bond donors (Lipinski definition) is 1. The molecule has 2 heterocycles. The fourth-order valence-electron chi connectivity index (χ4n) is 2.70. The van der Waals surface area contributed by atoms with Crippen molar-refractivity contribution in [2.75, 3.05) is 31.5 Å². The molecule has 2 amide bonds. The van der Waals surface area contributed by atoms with E-state index in [1.165, 1.54) is 17.9 Å². The lowest BCUT2D eigenvalue weighted by molar-refractivity contribution is -0.130. The highest BCUT2D eigenvalue weighted by Crippen LogP contribution is 2.14. The minimum atomic E-state index is -0.295. The predicted octanol–water partition coefficient (Wildman–Crippen LogP) is 1.59. The Balaban J connectivity index is 1.52. The standard InChI is InChI=1S/C17H20N4O3/c1-13(22)21-9-7-20(8-10-21)12-14-2-4-15(5-3-14)18-17(23)16-6-11-24-19-16/h2-6,11H,7-10,12H2,1H3,(H,18,23). The molecule has 24 heavy (non-hydrogen) atoms. The number of nitrogens with zero attached hydrogens (tertiary/aromatic N) is 3. The third-order valence-corrected chi connectivity index (χ3v) is 4.11. The lowest BCUT2D eigenvalue weighted by Crippen LogP contribution is -2.47. The van der Waals surface area contributed by atoms with E-state index in [9.17, 15) is 9.59 Å². The van der Waals surface area contributed by atoms with Gasteiger partial charge in [-0.1, -0.05) is 17.3 Å². The first-order valence-corrected chi connectivity index (χ1v) is 7.90. The predicted molar refractivity (Wildman–Crippen MR) is 88.4 cm³/mol. The first kappa shape index (κ1) is 16.2. The highest BCUT2D eigenvalue weighted by molar-refractivity contribution is 6.02. The number of carbonyl (C=O) groups excluding carboxylic acids is 2. The number of aromatic nitrogens is 1. The molecule has 7 nitrogen and oxygen atoms in total. The third-order valence-electron chi connectivity index (χ3n) is 4.11. The molecule has 1 aromatic heterocycles. The van der Waals surface area contributed by atoms with Gasteiger partial charge in [0.2, 0.25) is 5.91 Å². The number of nitrogens with one attached hydrogen (secondary N) is 1. The average molecular weight is 328 g/mol. The van der Waals surface area contributed by atoms with Gasteiger partial charge in [-0.15, -0.1) is 0 Å². The van der Waals surface area contributed by atoms with Crippen LogP contribution in [0.4, 0.5) is 5.69 Å². The summed E-state index contributed by atoms with van der Waals surface area (Å²) < 4.78 is 4.66. The summed E-state index contributed by atoms with van der Waals surface area (Å²) >= 11 is 0. The number of carbonyl (C=O) groups is 2. The fourth-order valence-corrected chi connectivity index (χ4v) is 2.70. The van der Waals surface area contributed by atoms with E-state index in [2.05, 4.69) is 19.9 Å². The first-order valence-electron chi connectivity index (χ1n) is 7.90. The zero-order valence-corrected chi connectivity index (χ0v) is 13.6. The zero-order valence-electron chi connectivity index (χ0n) is 13.6. The van der Waals surface area contributed by atoms with E-state index in [-0.39, 0.29) is 17.5 Å². The summed E-state index contributed by atoms with van der Waals surface area (Å²) in [7, 11) is 0. The quantitative estimate of drug-likeness (QED) is 0.922. The molecule has 1 aliphatic heterocycles. The number of amides is 2. The van der Waals surface area contributed by atoms with Crippen molar-refractivity contribution in [3.8, 4) is 0 Å². The van der Waals surface area contributed by atoms with Crippen molar-refractivity contribution in [2.45, 2.75) is 13.5 Å². The van der Waals surface area contributed by atoms with Crippen molar-refractivity contribution < 1.29 is 14.1 Å². The maximum atomic E-state index is 11.9. The Morgan fingerprint density at radius 3 is 2.42 bits per heavy atom. The van der Waals surface area contributed by atoms with E-state index >= 15 is 0 Å². The van der Waals surface area contributed by atoms with Gasteiger partial charge in [0.25, 0.3) is 5.91 Å². The highest BCUT2D eigenvalue weighted by atomic mass is 16.5. The molecule has 0 radical (unpaired) electrons. The van der Waals surface area contributed by atoms with Crippen LogP contribution in [0.25, 0.3) is 0 Å². The summed E-state index contributed by atoms with van der Waals surface area (Å²) in [5.41, 5.74) is 2.14. The van der Waals surface area contributed by atoms with Crippen molar-refractivity contribution in [3.05, 3.63) is 47.9 Å². The fraction of sp³-hybridized carbons (Fsp3) is 0.353. The zero-order chi connectivity index (χ0) is 16.9. The van der Waals surface area contributed by atoms with Crippen LogP contribution < -0.4 is 5.32 Å². The molecule has 1 aromatic carbocycles. The molecule has 0 atom stereocenters. The minimum absolute atomic E-state index is 0.141. The van der Waals surface area contributed by atoms with E-state index in [0.717, 1.165) is 32.7 Å². The van der Waals surface area contributed by atoms with Gasteiger partial charge in [-0.05, 0) is 17.7 Å². The summed E-state index contributed by atoms with van der Waals surface area (Å²) in [6.07, 6.45) is 1.36. The number of anilines is 1. The van der Waals surface area contributed by atoms with Crippen molar-refractivity contribution in [1.82, 2.24) is 15.0 Å². The second kappa shape index (κ2) is 7.27. The Morgan fingerprint density at radius 2 is 1.83 bits per heavy atom. The molecule has 1 aliphatic rings. The Labute approximate surface area is 140 Å². The summed E-state index contributed by atoms with van der Waals surface area (Å²) in [4.78, 5) is 27.4. The molecule has 7 heteroatoms. The van der Waals surface area contributed by atoms with Gasteiger partial charge in [0.1, 0.15) is 6.26 Å². The van der Waals surface area contributed by atoms with Crippen LogP contribution in [0.2, 0.25) is 0 Å². The minimum Gasteiger partial charge on any atom is -0.364 e. The van der Waals surface area contributed by atoms with Crippen LogP contribution >= 0.6 is 0 Å². The molecule has 0 bridgehead atoms. The van der Waals surface area contributed by atoms with Crippen molar-refractivity contribution >= 4 is 17.5 Å². The Hall–Kier alpha value is -2.67. The highest BCUT2D eigenvalue weighted by Gasteiger charge is 2.18. The molecule has 0 spiro atoms. The van der Waals surface area contributed by atoms with Crippen LogP contribution in [0.3, 0.4) is 0 Å². The number of rotatable bonds is 4. The van der Waals surface area contributed by atoms with Gasteiger partial charge >= 0.3 is 0 Å². The molecule has 3 rings (SSSR count). The smallest absolute Gasteiger partial charge is 0.277 e.